The lowest BCUT2D eigenvalue weighted by atomic mass is 10.0. The predicted molar refractivity (Wildman–Crippen MR) is 98.6 cm³/mol. The Morgan fingerprint density at radius 3 is 2.87 bits per heavy atom. The van der Waals surface area contributed by atoms with Gasteiger partial charge in [0.15, 0.2) is 5.96 Å². The molecule has 1 saturated heterocycles. The quantitative estimate of drug-likeness (QED) is 0.591. The van der Waals surface area contributed by atoms with Crippen molar-refractivity contribution in [1.82, 2.24) is 15.5 Å². The van der Waals surface area contributed by atoms with Crippen LogP contribution < -0.4 is 10.6 Å². The minimum absolute atomic E-state index is 0.496. The average molecular weight is 339 g/mol. The topological polar surface area (TPSA) is 48.9 Å². The number of hydrogen-bond acceptors (Lipinski definition) is 4. The summed E-state index contributed by atoms with van der Waals surface area (Å²) in [6.07, 6.45) is 2.31. The molecule has 0 amide bonds. The molecule has 0 radical (unpaired) electrons. The van der Waals surface area contributed by atoms with Gasteiger partial charge in [0.2, 0.25) is 0 Å². The van der Waals surface area contributed by atoms with Crippen molar-refractivity contribution in [3.8, 4) is 0 Å². The molecule has 1 aliphatic rings. The highest BCUT2D eigenvalue weighted by molar-refractivity contribution is 7.07. The maximum atomic E-state index is 5.15. The predicted octanol–water partition coefficient (Wildman–Crippen LogP) is 2.13. The summed E-state index contributed by atoms with van der Waals surface area (Å²) in [4.78, 5) is 6.84. The zero-order valence-electron chi connectivity index (χ0n) is 14.5. The van der Waals surface area contributed by atoms with Crippen molar-refractivity contribution in [3.63, 3.8) is 0 Å². The Hall–Kier alpha value is -1.11. The van der Waals surface area contributed by atoms with E-state index < -0.39 is 0 Å². The first-order valence-corrected chi connectivity index (χ1v) is 9.37. The van der Waals surface area contributed by atoms with Gasteiger partial charge in [-0.1, -0.05) is 6.92 Å². The standard InChI is InChI=1S/C17H30N4OS/c1-14(15-6-11-23-13-15)12-19-17(18-2)20-16-4-7-21(8-5-16)9-10-22-3/h6,11,13-14,16H,4-5,7-10,12H2,1-3H3,(H2,18,19,20). The number of nitrogens with one attached hydrogen (secondary N) is 2. The fourth-order valence-electron chi connectivity index (χ4n) is 2.83. The molecule has 6 heteroatoms. The van der Waals surface area contributed by atoms with Gasteiger partial charge >= 0.3 is 0 Å². The highest BCUT2D eigenvalue weighted by Gasteiger charge is 2.19. The molecule has 1 unspecified atom stereocenters. The third kappa shape index (κ3) is 6.12. The number of thiophene rings is 1. The van der Waals surface area contributed by atoms with Crippen molar-refractivity contribution < 1.29 is 4.74 Å². The molecule has 1 atom stereocenters. The zero-order chi connectivity index (χ0) is 16.5. The molecule has 1 aromatic heterocycles. The fraction of sp³-hybridized carbons (Fsp3) is 0.706. The highest BCUT2D eigenvalue weighted by Crippen LogP contribution is 2.17. The summed E-state index contributed by atoms with van der Waals surface area (Å²) in [6.45, 7) is 7.27. The molecule has 0 aromatic carbocycles. The summed E-state index contributed by atoms with van der Waals surface area (Å²) >= 11 is 1.75. The number of hydrogen-bond donors (Lipinski definition) is 2. The van der Waals surface area contributed by atoms with Crippen LogP contribution in [-0.2, 0) is 4.74 Å². The van der Waals surface area contributed by atoms with Gasteiger partial charge in [-0.05, 0) is 41.1 Å². The van der Waals surface area contributed by atoms with E-state index in [9.17, 15) is 0 Å². The van der Waals surface area contributed by atoms with Crippen molar-refractivity contribution in [3.05, 3.63) is 22.4 Å². The molecule has 0 spiro atoms. The number of guanidine groups is 1. The Bertz CT molecular complexity index is 455. The number of likely N-dealkylation sites (tertiary alicyclic amines) is 1. The van der Waals surface area contributed by atoms with Gasteiger partial charge in [0.1, 0.15) is 0 Å². The van der Waals surface area contributed by atoms with E-state index in [1.165, 1.54) is 5.56 Å². The average Bonchev–Trinajstić information content (AvgIpc) is 3.12. The number of rotatable bonds is 7. The summed E-state index contributed by atoms with van der Waals surface area (Å²) < 4.78 is 5.15. The summed E-state index contributed by atoms with van der Waals surface area (Å²) in [5.74, 6) is 1.41. The van der Waals surface area contributed by atoms with Crippen LogP contribution in [0, 0.1) is 0 Å². The second-order valence-corrected chi connectivity index (χ2v) is 6.94. The van der Waals surface area contributed by atoms with Gasteiger partial charge in [0, 0.05) is 46.4 Å². The van der Waals surface area contributed by atoms with Crippen molar-refractivity contribution >= 4 is 17.3 Å². The van der Waals surface area contributed by atoms with Gasteiger partial charge in [-0.2, -0.15) is 11.3 Å². The summed E-state index contributed by atoms with van der Waals surface area (Å²) in [5.41, 5.74) is 1.39. The van der Waals surface area contributed by atoms with Crippen molar-refractivity contribution in [2.45, 2.75) is 31.7 Å². The molecule has 130 valence electrons. The first kappa shape index (κ1) is 18.2. The van der Waals surface area contributed by atoms with E-state index in [4.69, 9.17) is 4.74 Å². The lowest BCUT2D eigenvalue weighted by Gasteiger charge is -2.33. The molecular weight excluding hydrogens is 308 g/mol. The Balaban J connectivity index is 1.69. The monoisotopic (exact) mass is 338 g/mol. The second kappa shape index (κ2) is 9.90. The van der Waals surface area contributed by atoms with Crippen molar-refractivity contribution in [2.75, 3.05) is 46.9 Å². The Kier molecular flexibility index (Phi) is 7.85. The molecule has 1 fully saturated rings. The van der Waals surface area contributed by atoms with Crippen LogP contribution in [0.25, 0.3) is 0 Å². The van der Waals surface area contributed by atoms with Crippen LogP contribution in [0.15, 0.2) is 21.8 Å². The Morgan fingerprint density at radius 1 is 1.48 bits per heavy atom. The molecular formula is C17H30N4OS. The Morgan fingerprint density at radius 2 is 2.26 bits per heavy atom. The molecule has 0 aliphatic carbocycles. The second-order valence-electron chi connectivity index (χ2n) is 6.16. The number of methoxy groups -OCH3 is 1. The van der Waals surface area contributed by atoms with Crippen LogP contribution in [0.2, 0.25) is 0 Å². The van der Waals surface area contributed by atoms with Crippen LogP contribution >= 0.6 is 11.3 Å². The van der Waals surface area contributed by atoms with Crippen LogP contribution in [0.5, 0.6) is 0 Å². The molecule has 5 nitrogen and oxygen atoms in total. The Labute approximate surface area is 144 Å². The van der Waals surface area contributed by atoms with Crippen LogP contribution in [-0.4, -0.2) is 63.8 Å². The molecule has 2 rings (SSSR count). The van der Waals surface area contributed by atoms with Crippen molar-refractivity contribution in [1.29, 1.82) is 0 Å². The van der Waals surface area contributed by atoms with E-state index in [-0.39, 0.29) is 0 Å². The summed E-state index contributed by atoms with van der Waals surface area (Å²) in [7, 11) is 3.61. The zero-order valence-corrected chi connectivity index (χ0v) is 15.4. The molecule has 2 N–H and O–H groups in total. The number of ether oxygens (including phenoxy) is 1. The smallest absolute Gasteiger partial charge is 0.191 e. The van der Waals surface area contributed by atoms with Gasteiger partial charge in [-0.15, -0.1) is 0 Å². The molecule has 2 heterocycles. The summed E-state index contributed by atoms with van der Waals surface area (Å²) in [6, 6.07) is 2.71. The van der Waals surface area contributed by atoms with Gasteiger partial charge in [0.25, 0.3) is 0 Å². The van der Waals surface area contributed by atoms with E-state index in [1.54, 1.807) is 18.4 Å². The molecule has 0 saturated carbocycles. The minimum atomic E-state index is 0.496. The van der Waals surface area contributed by atoms with Gasteiger partial charge < -0.3 is 20.3 Å². The van der Waals surface area contributed by atoms with E-state index in [0.717, 1.165) is 51.6 Å². The van der Waals surface area contributed by atoms with Gasteiger partial charge in [0.05, 0.1) is 6.61 Å². The lowest BCUT2D eigenvalue weighted by Crippen LogP contribution is -2.49. The lowest BCUT2D eigenvalue weighted by molar-refractivity contribution is 0.128. The molecule has 0 bridgehead atoms. The van der Waals surface area contributed by atoms with Gasteiger partial charge in [-0.3, -0.25) is 4.99 Å². The maximum Gasteiger partial charge on any atom is 0.191 e. The fourth-order valence-corrected chi connectivity index (χ4v) is 3.61. The van der Waals surface area contributed by atoms with E-state index >= 15 is 0 Å². The third-order valence-corrected chi connectivity index (χ3v) is 5.15. The van der Waals surface area contributed by atoms with E-state index in [1.807, 2.05) is 7.05 Å². The number of nitrogens with zero attached hydrogens (tertiary/aromatic N) is 2. The van der Waals surface area contributed by atoms with Crippen LogP contribution in [0.3, 0.4) is 0 Å². The van der Waals surface area contributed by atoms with Crippen molar-refractivity contribution in [2.24, 2.45) is 4.99 Å². The normalized spacial score (nSPS) is 18.8. The minimum Gasteiger partial charge on any atom is -0.383 e. The molecule has 1 aliphatic heterocycles. The van der Waals surface area contributed by atoms with Crippen LogP contribution in [0.1, 0.15) is 31.2 Å². The number of piperidine rings is 1. The van der Waals surface area contributed by atoms with E-state index in [0.29, 0.717) is 12.0 Å². The molecule has 1 aromatic rings. The first-order chi connectivity index (χ1) is 11.2. The maximum absolute atomic E-state index is 5.15. The largest absolute Gasteiger partial charge is 0.383 e. The molecule has 23 heavy (non-hydrogen) atoms. The third-order valence-electron chi connectivity index (χ3n) is 4.45. The SMILES string of the molecule is CN=C(NCC(C)c1ccsc1)NC1CCN(CCOC)CC1. The van der Waals surface area contributed by atoms with Gasteiger partial charge in [-0.25, -0.2) is 0 Å². The highest BCUT2D eigenvalue weighted by atomic mass is 32.1. The van der Waals surface area contributed by atoms with Crippen LogP contribution in [0.4, 0.5) is 0 Å². The summed E-state index contributed by atoms with van der Waals surface area (Å²) in [5, 5.41) is 11.4. The first-order valence-electron chi connectivity index (χ1n) is 8.43. The number of aliphatic imine (C=N–C) groups is 1. The van der Waals surface area contributed by atoms with E-state index in [2.05, 4.69) is 44.3 Å².